The molecule has 0 saturated heterocycles. The molecule has 0 aromatic heterocycles. The van der Waals surface area contributed by atoms with E-state index in [0.717, 1.165) is 12.1 Å². The van der Waals surface area contributed by atoms with Gasteiger partial charge in [0.15, 0.2) is 16.6 Å². The van der Waals surface area contributed by atoms with Crippen LogP contribution in [-0.4, -0.2) is 29.6 Å². The van der Waals surface area contributed by atoms with Crippen LogP contribution in [0.3, 0.4) is 0 Å². The Morgan fingerprint density at radius 3 is 2.94 bits per heavy atom. The maximum Gasteiger partial charge on any atom is 0.186 e. The lowest BCUT2D eigenvalue weighted by atomic mass is 10.2. The molecule has 0 heterocycles. The lowest BCUT2D eigenvalue weighted by Gasteiger charge is -2.06. The van der Waals surface area contributed by atoms with Crippen molar-refractivity contribution in [2.75, 3.05) is 13.2 Å². The molecule has 0 fully saturated rings. The Bertz CT molecular complexity index is 435. The first kappa shape index (κ1) is 14.2. The number of thiocarbonyl (C=S) groups is 1. The van der Waals surface area contributed by atoms with Gasteiger partial charge >= 0.3 is 0 Å². The first-order valence-corrected chi connectivity index (χ1v) is 6.11. The lowest BCUT2D eigenvalue weighted by Crippen LogP contribution is -2.31. The van der Waals surface area contributed by atoms with Gasteiger partial charge in [0.25, 0.3) is 0 Å². The smallest absolute Gasteiger partial charge is 0.186 e. The normalized spacial score (nSPS) is 10.3. The van der Waals surface area contributed by atoms with E-state index >= 15 is 0 Å². The average Bonchev–Trinajstić information content (AvgIpc) is 2.34. The van der Waals surface area contributed by atoms with Crippen LogP contribution in [0.1, 0.15) is 19.4 Å². The van der Waals surface area contributed by atoms with Gasteiger partial charge in [0, 0.05) is 6.54 Å². The van der Waals surface area contributed by atoms with Crippen molar-refractivity contribution in [2.24, 2.45) is 5.10 Å². The molecular formula is C12H17N3O2S. The van der Waals surface area contributed by atoms with Crippen molar-refractivity contribution in [3.05, 3.63) is 23.8 Å². The van der Waals surface area contributed by atoms with Crippen LogP contribution in [-0.2, 0) is 0 Å². The molecule has 6 heteroatoms. The second-order valence-electron chi connectivity index (χ2n) is 3.39. The number of hydrogen-bond acceptors (Lipinski definition) is 4. The van der Waals surface area contributed by atoms with Crippen LogP contribution >= 0.6 is 12.2 Å². The number of phenols is 1. The topological polar surface area (TPSA) is 65.9 Å². The summed E-state index contributed by atoms with van der Waals surface area (Å²) >= 11 is 4.96. The van der Waals surface area contributed by atoms with Gasteiger partial charge in [-0.2, -0.15) is 5.10 Å². The van der Waals surface area contributed by atoms with E-state index in [-0.39, 0.29) is 5.75 Å². The van der Waals surface area contributed by atoms with Crippen LogP contribution in [0.4, 0.5) is 0 Å². The molecule has 1 aromatic rings. The summed E-state index contributed by atoms with van der Waals surface area (Å²) in [6.07, 6.45) is 1.60. The highest BCUT2D eigenvalue weighted by Crippen LogP contribution is 2.25. The van der Waals surface area contributed by atoms with Crippen molar-refractivity contribution in [3.8, 4) is 11.5 Å². The summed E-state index contributed by atoms with van der Waals surface area (Å²) in [5, 5.41) is 16.9. The Morgan fingerprint density at radius 2 is 2.28 bits per heavy atom. The summed E-state index contributed by atoms with van der Waals surface area (Å²) in [6, 6.07) is 5.01. The zero-order chi connectivity index (χ0) is 13.4. The van der Waals surface area contributed by atoms with Gasteiger partial charge in [0.1, 0.15) is 0 Å². The van der Waals surface area contributed by atoms with E-state index in [0.29, 0.717) is 17.5 Å². The number of aromatic hydroxyl groups is 1. The fourth-order valence-electron chi connectivity index (χ4n) is 1.25. The second-order valence-corrected chi connectivity index (χ2v) is 3.80. The molecule has 0 unspecified atom stereocenters. The van der Waals surface area contributed by atoms with Gasteiger partial charge in [-0.1, -0.05) is 0 Å². The monoisotopic (exact) mass is 267 g/mol. The molecule has 0 radical (unpaired) electrons. The van der Waals surface area contributed by atoms with E-state index in [4.69, 9.17) is 17.0 Å². The predicted octanol–water partition coefficient (Wildman–Crippen LogP) is 1.61. The average molecular weight is 267 g/mol. The van der Waals surface area contributed by atoms with Crippen LogP contribution in [0.25, 0.3) is 0 Å². The minimum atomic E-state index is 0.116. The molecule has 0 amide bonds. The highest BCUT2D eigenvalue weighted by Gasteiger charge is 2.01. The SMILES string of the molecule is CCNC(=S)N/N=C\c1ccc(O)c(OCC)c1. The third-order valence-corrected chi connectivity index (χ3v) is 2.24. The van der Waals surface area contributed by atoms with Crippen molar-refractivity contribution in [1.82, 2.24) is 10.7 Å². The molecule has 0 aliphatic rings. The third kappa shape index (κ3) is 4.58. The molecular weight excluding hydrogens is 250 g/mol. The summed E-state index contributed by atoms with van der Waals surface area (Å²) in [7, 11) is 0. The van der Waals surface area contributed by atoms with Gasteiger partial charge in [-0.15, -0.1) is 0 Å². The molecule has 0 spiro atoms. The van der Waals surface area contributed by atoms with Crippen molar-refractivity contribution >= 4 is 23.5 Å². The first-order chi connectivity index (χ1) is 8.67. The van der Waals surface area contributed by atoms with Gasteiger partial charge in [-0.25, -0.2) is 0 Å². The van der Waals surface area contributed by atoms with E-state index in [1.807, 2.05) is 13.8 Å². The van der Waals surface area contributed by atoms with Crippen LogP contribution in [0.5, 0.6) is 11.5 Å². The van der Waals surface area contributed by atoms with E-state index in [9.17, 15) is 5.11 Å². The highest BCUT2D eigenvalue weighted by atomic mass is 32.1. The van der Waals surface area contributed by atoms with Crippen LogP contribution < -0.4 is 15.5 Å². The number of phenolic OH excluding ortho intramolecular Hbond substituents is 1. The number of nitrogens with one attached hydrogen (secondary N) is 2. The summed E-state index contributed by atoms with van der Waals surface area (Å²) in [4.78, 5) is 0. The summed E-state index contributed by atoms with van der Waals surface area (Å²) in [5.41, 5.74) is 3.49. The van der Waals surface area contributed by atoms with Crippen LogP contribution in [0, 0.1) is 0 Å². The number of hydrogen-bond donors (Lipinski definition) is 3. The minimum Gasteiger partial charge on any atom is -0.504 e. The second kappa shape index (κ2) is 7.50. The van der Waals surface area contributed by atoms with Gasteiger partial charge < -0.3 is 15.2 Å². The zero-order valence-electron chi connectivity index (χ0n) is 10.4. The van der Waals surface area contributed by atoms with Gasteiger partial charge in [0.05, 0.1) is 12.8 Å². The largest absolute Gasteiger partial charge is 0.504 e. The molecule has 5 nitrogen and oxygen atoms in total. The Balaban J connectivity index is 2.64. The number of nitrogens with zero attached hydrogens (tertiary/aromatic N) is 1. The fraction of sp³-hybridized carbons (Fsp3) is 0.333. The Hall–Kier alpha value is -1.82. The number of rotatable bonds is 5. The quantitative estimate of drug-likeness (QED) is 0.430. The molecule has 0 aliphatic carbocycles. The zero-order valence-corrected chi connectivity index (χ0v) is 11.3. The Kier molecular flexibility index (Phi) is 5.93. The number of ether oxygens (including phenoxy) is 1. The molecule has 3 N–H and O–H groups in total. The van der Waals surface area contributed by atoms with E-state index in [2.05, 4.69) is 15.8 Å². The van der Waals surface area contributed by atoms with Gasteiger partial charge in [-0.05, 0) is 49.8 Å². The van der Waals surface area contributed by atoms with Crippen molar-refractivity contribution in [2.45, 2.75) is 13.8 Å². The van der Waals surface area contributed by atoms with Crippen molar-refractivity contribution in [1.29, 1.82) is 0 Å². The lowest BCUT2D eigenvalue weighted by molar-refractivity contribution is 0.318. The van der Waals surface area contributed by atoms with E-state index in [1.165, 1.54) is 0 Å². The molecule has 0 bridgehead atoms. The number of hydrazone groups is 1. The van der Waals surface area contributed by atoms with Gasteiger partial charge in [-0.3, -0.25) is 5.43 Å². The fourth-order valence-corrected chi connectivity index (χ4v) is 1.44. The summed E-state index contributed by atoms with van der Waals surface area (Å²) in [5.74, 6) is 0.556. The third-order valence-electron chi connectivity index (χ3n) is 2.00. The standard InChI is InChI=1S/C12H17N3O2S/c1-3-13-12(18)15-14-8-9-5-6-10(16)11(7-9)17-4-2/h5-8,16H,3-4H2,1-2H3,(H2,13,15,18)/b14-8-. The Labute approximate surface area is 112 Å². The minimum absolute atomic E-state index is 0.116. The molecule has 0 aliphatic heterocycles. The summed E-state index contributed by atoms with van der Waals surface area (Å²) < 4.78 is 5.27. The van der Waals surface area contributed by atoms with Crippen LogP contribution in [0.2, 0.25) is 0 Å². The first-order valence-electron chi connectivity index (χ1n) is 5.70. The van der Waals surface area contributed by atoms with Gasteiger partial charge in [0.2, 0.25) is 0 Å². The highest BCUT2D eigenvalue weighted by molar-refractivity contribution is 7.80. The molecule has 1 rings (SSSR count). The molecule has 0 saturated carbocycles. The molecule has 18 heavy (non-hydrogen) atoms. The summed E-state index contributed by atoms with van der Waals surface area (Å²) in [6.45, 7) is 5.05. The maximum atomic E-state index is 9.53. The predicted molar refractivity (Wildman–Crippen MR) is 76.3 cm³/mol. The molecule has 0 atom stereocenters. The maximum absolute atomic E-state index is 9.53. The molecule has 98 valence electrons. The van der Waals surface area contributed by atoms with E-state index < -0.39 is 0 Å². The van der Waals surface area contributed by atoms with Crippen molar-refractivity contribution in [3.63, 3.8) is 0 Å². The molecule has 1 aromatic carbocycles. The van der Waals surface area contributed by atoms with Crippen LogP contribution in [0.15, 0.2) is 23.3 Å². The number of benzene rings is 1. The Morgan fingerprint density at radius 1 is 1.50 bits per heavy atom. The van der Waals surface area contributed by atoms with Crippen molar-refractivity contribution < 1.29 is 9.84 Å². The van der Waals surface area contributed by atoms with E-state index in [1.54, 1.807) is 24.4 Å².